The minimum Gasteiger partial charge on any atom is -0.507 e. The molecule has 0 radical (unpaired) electrons. The van der Waals surface area contributed by atoms with Gasteiger partial charge in [-0.1, -0.05) is 0 Å². The highest BCUT2D eigenvalue weighted by molar-refractivity contribution is 7.98. The van der Waals surface area contributed by atoms with Gasteiger partial charge in [0.25, 0.3) is 0 Å². The largest absolute Gasteiger partial charge is 0.507 e. The molecule has 0 unspecified atom stereocenters. The van der Waals surface area contributed by atoms with E-state index in [1.165, 1.54) is 32.0 Å². The molecule has 0 saturated heterocycles. The maximum Gasteiger partial charge on any atom is 0.338 e. The molecule has 26 heavy (non-hydrogen) atoms. The van der Waals surface area contributed by atoms with E-state index in [0.29, 0.717) is 16.9 Å². The molecular weight excluding hydrogens is 362 g/mol. The Kier molecular flexibility index (Phi) is 6.73. The fourth-order valence-corrected chi connectivity index (χ4v) is 3.67. The smallest absolute Gasteiger partial charge is 0.338 e. The predicted molar refractivity (Wildman–Crippen MR) is 94.4 cm³/mol. The van der Waals surface area contributed by atoms with Gasteiger partial charge in [0.05, 0.1) is 26.2 Å². The molecular formula is C17H21NO7S. The lowest BCUT2D eigenvalue weighted by molar-refractivity contribution is -0.144. The van der Waals surface area contributed by atoms with Crippen LogP contribution < -0.4 is 10.1 Å². The number of methoxy groups -OCH3 is 2. The van der Waals surface area contributed by atoms with E-state index < -0.39 is 23.9 Å². The number of fused-ring (bicyclic) bond motifs is 1. The molecule has 2 rings (SSSR count). The van der Waals surface area contributed by atoms with E-state index in [9.17, 15) is 19.5 Å². The second-order valence-electron chi connectivity index (χ2n) is 5.62. The predicted octanol–water partition coefficient (Wildman–Crippen LogP) is 1.16. The zero-order valence-electron chi connectivity index (χ0n) is 14.8. The molecule has 0 aromatic heterocycles. The summed E-state index contributed by atoms with van der Waals surface area (Å²) < 4.78 is 15.1. The van der Waals surface area contributed by atoms with Crippen molar-refractivity contribution >= 4 is 29.6 Å². The van der Waals surface area contributed by atoms with Crippen LogP contribution in [0.2, 0.25) is 0 Å². The third-order valence-corrected chi connectivity index (χ3v) is 5.02. The Bertz CT molecular complexity index is 720. The molecule has 8 nitrogen and oxygen atoms in total. The van der Waals surface area contributed by atoms with Gasteiger partial charge >= 0.3 is 11.9 Å². The summed E-state index contributed by atoms with van der Waals surface area (Å²) >= 11 is 1.28. The number of hydrogen-bond donors (Lipinski definition) is 2. The van der Waals surface area contributed by atoms with Gasteiger partial charge < -0.3 is 24.6 Å². The van der Waals surface area contributed by atoms with Gasteiger partial charge in [-0.2, -0.15) is 11.8 Å². The molecule has 9 heteroatoms. The summed E-state index contributed by atoms with van der Waals surface area (Å²) in [4.78, 5) is 36.2. The minimum absolute atomic E-state index is 0.0891. The first-order valence-electron chi connectivity index (χ1n) is 7.90. The second-order valence-corrected chi connectivity index (χ2v) is 6.65. The van der Waals surface area contributed by atoms with Crippen LogP contribution in [0.3, 0.4) is 0 Å². The van der Waals surface area contributed by atoms with Crippen molar-refractivity contribution in [3.05, 3.63) is 22.8 Å². The van der Waals surface area contributed by atoms with Crippen molar-refractivity contribution in [2.75, 3.05) is 26.6 Å². The van der Waals surface area contributed by atoms with Crippen molar-refractivity contribution in [2.45, 2.75) is 25.1 Å². The molecule has 0 aliphatic carbocycles. The first-order chi connectivity index (χ1) is 12.4. The molecule has 1 aromatic rings. The summed E-state index contributed by atoms with van der Waals surface area (Å²) in [5, 5.41) is 12.9. The molecule has 0 bridgehead atoms. The van der Waals surface area contributed by atoms with Crippen LogP contribution in [0.1, 0.15) is 27.9 Å². The highest BCUT2D eigenvalue weighted by Gasteiger charge is 2.26. The zero-order chi connectivity index (χ0) is 19.3. The lowest BCUT2D eigenvalue weighted by atomic mass is 10.0. The van der Waals surface area contributed by atoms with Gasteiger partial charge in [-0.3, -0.25) is 4.79 Å². The Morgan fingerprint density at radius 3 is 2.77 bits per heavy atom. The highest BCUT2D eigenvalue weighted by atomic mass is 32.2. The lowest BCUT2D eigenvalue weighted by Crippen LogP contribution is -2.43. The summed E-state index contributed by atoms with van der Waals surface area (Å²) in [5.74, 6) is -0.870. The number of esters is 2. The summed E-state index contributed by atoms with van der Waals surface area (Å²) in [6.07, 6.45) is -0.0891. The van der Waals surface area contributed by atoms with Crippen molar-refractivity contribution in [1.29, 1.82) is 0 Å². The molecule has 1 aromatic carbocycles. The first-order valence-corrected chi connectivity index (χ1v) is 9.06. The quantitative estimate of drug-likeness (QED) is 0.732. The summed E-state index contributed by atoms with van der Waals surface area (Å²) in [7, 11) is 2.68. The Morgan fingerprint density at radius 1 is 1.38 bits per heavy atom. The fraction of sp³-hybridized carbons (Fsp3) is 0.471. The van der Waals surface area contributed by atoms with Crippen molar-refractivity contribution in [3.63, 3.8) is 0 Å². The number of carbonyl (C=O) groups is 3. The maximum atomic E-state index is 12.5. The highest BCUT2D eigenvalue weighted by Crippen LogP contribution is 2.35. The topological polar surface area (TPSA) is 111 Å². The van der Waals surface area contributed by atoms with Gasteiger partial charge in [-0.05, 0) is 6.92 Å². The van der Waals surface area contributed by atoms with E-state index in [4.69, 9.17) is 14.2 Å². The number of carbonyl (C=O) groups excluding carboxylic acids is 3. The second kappa shape index (κ2) is 8.79. The van der Waals surface area contributed by atoms with E-state index in [2.05, 4.69) is 5.32 Å². The van der Waals surface area contributed by atoms with Gasteiger partial charge in [-0.15, -0.1) is 0 Å². The first kappa shape index (κ1) is 19.9. The zero-order valence-corrected chi connectivity index (χ0v) is 15.6. The average molecular weight is 383 g/mol. The van der Waals surface area contributed by atoms with Crippen LogP contribution in [-0.4, -0.2) is 55.6 Å². The molecule has 1 aliphatic heterocycles. The third-order valence-electron chi connectivity index (χ3n) is 3.96. The Morgan fingerprint density at radius 2 is 2.12 bits per heavy atom. The van der Waals surface area contributed by atoms with Crippen LogP contribution in [-0.2, 0) is 24.8 Å². The van der Waals surface area contributed by atoms with Crippen LogP contribution in [0.25, 0.3) is 0 Å². The third kappa shape index (κ3) is 4.40. The van der Waals surface area contributed by atoms with E-state index >= 15 is 0 Å². The summed E-state index contributed by atoms with van der Waals surface area (Å²) in [5.41, 5.74) is 1.15. The van der Waals surface area contributed by atoms with Crippen LogP contribution in [0.5, 0.6) is 11.5 Å². The van der Waals surface area contributed by atoms with Gasteiger partial charge in [0.2, 0.25) is 5.91 Å². The number of nitrogens with one attached hydrogen (secondary N) is 1. The van der Waals surface area contributed by atoms with Crippen molar-refractivity contribution in [1.82, 2.24) is 5.32 Å². The van der Waals surface area contributed by atoms with Gasteiger partial charge in [0, 0.05) is 28.7 Å². The number of benzene rings is 1. The monoisotopic (exact) mass is 383 g/mol. The van der Waals surface area contributed by atoms with E-state index in [0.717, 1.165) is 0 Å². The molecule has 142 valence electrons. The van der Waals surface area contributed by atoms with Gasteiger partial charge in [0.1, 0.15) is 24.1 Å². The van der Waals surface area contributed by atoms with E-state index in [1.54, 1.807) is 6.92 Å². The van der Waals surface area contributed by atoms with Crippen LogP contribution in [0, 0.1) is 6.92 Å². The molecule has 1 heterocycles. The summed E-state index contributed by atoms with van der Waals surface area (Å²) in [6, 6.07) is 0.616. The Hall–Kier alpha value is -2.42. The Labute approximate surface area is 155 Å². The Balaban J connectivity index is 2.39. The summed E-state index contributed by atoms with van der Waals surface area (Å²) in [6.45, 7) is 1.54. The van der Waals surface area contributed by atoms with Crippen molar-refractivity contribution in [2.24, 2.45) is 0 Å². The van der Waals surface area contributed by atoms with Crippen LogP contribution in [0.4, 0.5) is 0 Å². The van der Waals surface area contributed by atoms with Gasteiger partial charge in [0.15, 0.2) is 0 Å². The maximum absolute atomic E-state index is 12.5. The van der Waals surface area contributed by atoms with Crippen molar-refractivity contribution in [3.8, 4) is 11.5 Å². The number of phenols is 1. The van der Waals surface area contributed by atoms with E-state index in [1.807, 2.05) is 0 Å². The molecule has 1 amide bonds. The number of aromatic hydroxyl groups is 1. The van der Waals surface area contributed by atoms with Gasteiger partial charge in [-0.25, -0.2) is 9.59 Å². The number of thioether (sulfide) groups is 1. The molecule has 1 atom stereocenters. The normalized spacial score (nSPS) is 18.5. The molecule has 0 fully saturated rings. The molecule has 0 spiro atoms. The van der Waals surface area contributed by atoms with Crippen LogP contribution >= 0.6 is 11.8 Å². The minimum atomic E-state index is -0.822. The number of hydrogen-bond acceptors (Lipinski definition) is 8. The molecule has 2 N–H and O–H groups in total. The number of amides is 1. The van der Waals surface area contributed by atoms with Crippen molar-refractivity contribution < 1.29 is 33.7 Å². The fourth-order valence-electron chi connectivity index (χ4n) is 2.60. The lowest BCUT2D eigenvalue weighted by Gasteiger charge is -2.20. The number of phenolic OH excluding ortho intramolecular Hbond substituents is 1. The SMILES string of the molecule is COC(=O)[C@H]1CSCc2c(O)cc(OC)c(C)c2C(=O)OCCC(=O)N1. The molecule has 1 aliphatic rings. The standard InChI is InChI=1S/C17H21NO7S/c1-9-13(23-2)6-12(19)10-7-26-8-11(16(21)24-3)18-14(20)4-5-25-17(22)15(9)10/h6,11,19H,4-5,7-8H2,1-3H3,(H,18,20)/t11-/m1/s1. The van der Waals surface area contributed by atoms with E-state index in [-0.39, 0.29) is 35.8 Å². The number of cyclic esters (lactones) is 1. The number of rotatable bonds is 2. The average Bonchev–Trinajstić information content (AvgIpc) is 2.61. The van der Waals surface area contributed by atoms with Crippen LogP contribution in [0.15, 0.2) is 6.07 Å². The number of ether oxygens (including phenoxy) is 3. The molecule has 0 saturated carbocycles.